The van der Waals surface area contributed by atoms with Gasteiger partial charge in [-0.3, -0.25) is 9.59 Å². The molecule has 0 aliphatic rings. The van der Waals surface area contributed by atoms with Crippen LogP contribution in [0.4, 0.5) is 10.1 Å². The highest BCUT2D eigenvalue weighted by atomic mass is 19.1. The van der Waals surface area contributed by atoms with E-state index in [0.29, 0.717) is 23.4 Å². The molecule has 126 valence electrons. The van der Waals surface area contributed by atoms with E-state index in [9.17, 15) is 14.0 Å². The molecule has 0 aromatic heterocycles. The molecule has 2 aromatic rings. The average Bonchev–Trinajstić information content (AvgIpc) is 2.60. The molecule has 0 saturated carbocycles. The third kappa shape index (κ3) is 5.19. The summed E-state index contributed by atoms with van der Waals surface area (Å²) in [4.78, 5) is 24.1. The molecule has 0 saturated heterocycles. The Labute approximate surface area is 141 Å². The van der Waals surface area contributed by atoms with Gasteiger partial charge >= 0.3 is 0 Å². The zero-order chi connectivity index (χ0) is 17.4. The highest BCUT2D eigenvalue weighted by Gasteiger charge is 2.09. The summed E-state index contributed by atoms with van der Waals surface area (Å²) >= 11 is 0. The highest BCUT2D eigenvalue weighted by Crippen LogP contribution is 2.11. The fourth-order valence-corrected chi connectivity index (χ4v) is 2.19. The Bertz CT molecular complexity index is 682. The number of hydrogen-bond acceptors (Lipinski definition) is 2. The molecule has 0 bridgehead atoms. The van der Waals surface area contributed by atoms with Gasteiger partial charge in [0.15, 0.2) is 0 Å². The zero-order valence-corrected chi connectivity index (χ0v) is 13.6. The van der Waals surface area contributed by atoms with E-state index in [1.165, 1.54) is 24.3 Å². The van der Waals surface area contributed by atoms with E-state index in [-0.39, 0.29) is 17.6 Å². The first kappa shape index (κ1) is 17.7. The summed E-state index contributed by atoms with van der Waals surface area (Å²) in [5, 5.41) is 5.53. The monoisotopic (exact) mass is 328 g/mol. The Balaban J connectivity index is 1.92. The van der Waals surface area contributed by atoms with Crippen LogP contribution in [0, 0.1) is 5.82 Å². The minimum absolute atomic E-state index is 0.142. The van der Waals surface area contributed by atoms with Crippen molar-refractivity contribution in [2.75, 3.05) is 11.9 Å². The van der Waals surface area contributed by atoms with Gasteiger partial charge in [0.05, 0.1) is 0 Å². The van der Waals surface area contributed by atoms with Gasteiger partial charge in [-0.25, -0.2) is 4.39 Å². The van der Waals surface area contributed by atoms with E-state index in [1.54, 1.807) is 24.3 Å². The summed E-state index contributed by atoms with van der Waals surface area (Å²) in [7, 11) is 0. The molecule has 0 aliphatic carbocycles. The van der Waals surface area contributed by atoms with Crippen molar-refractivity contribution < 1.29 is 14.0 Å². The highest BCUT2D eigenvalue weighted by molar-refractivity contribution is 6.05. The molecule has 2 aromatic carbocycles. The summed E-state index contributed by atoms with van der Waals surface area (Å²) in [5.41, 5.74) is 1.46. The first-order chi connectivity index (χ1) is 11.6. The Morgan fingerprint density at radius 1 is 0.875 bits per heavy atom. The van der Waals surface area contributed by atoms with Crippen molar-refractivity contribution in [1.82, 2.24) is 5.32 Å². The number of halogens is 1. The maximum absolute atomic E-state index is 12.8. The molecule has 24 heavy (non-hydrogen) atoms. The molecule has 5 heteroatoms. The molecule has 0 aliphatic heterocycles. The van der Waals surface area contributed by atoms with Crippen LogP contribution in [-0.2, 0) is 0 Å². The molecule has 0 radical (unpaired) electrons. The van der Waals surface area contributed by atoms with E-state index in [4.69, 9.17) is 0 Å². The zero-order valence-electron chi connectivity index (χ0n) is 13.6. The van der Waals surface area contributed by atoms with Crippen molar-refractivity contribution >= 4 is 17.5 Å². The maximum atomic E-state index is 12.8. The van der Waals surface area contributed by atoms with Crippen LogP contribution < -0.4 is 10.6 Å². The van der Waals surface area contributed by atoms with Gasteiger partial charge in [-0.05, 0) is 55.0 Å². The van der Waals surface area contributed by atoms with Gasteiger partial charge in [0, 0.05) is 23.4 Å². The minimum atomic E-state index is -0.359. The number of amides is 2. The molecule has 0 atom stereocenters. The van der Waals surface area contributed by atoms with Crippen molar-refractivity contribution in [2.45, 2.75) is 26.2 Å². The molecular weight excluding hydrogens is 307 g/mol. The largest absolute Gasteiger partial charge is 0.352 e. The summed E-state index contributed by atoms with van der Waals surface area (Å²) < 4.78 is 12.8. The van der Waals surface area contributed by atoms with Gasteiger partial charge < -0.3 is 10.6 Å². The van der Waals surface area contributed by atoms with E-state index < -0.39 is 0 Å². The van der Waals surface area contributed by atoms with E-state index in [0.717, 1.165) is 19.3 Å². The van der Waals surface area contributed by atoms with Crippen molar-refractivity contribution in [3.05, 3.63) is 65.5 Å². The maximum Gasteiger partial charge on any atom is 0.255 e. The number of benzene rings is 2. The summed E-state index contributed by atoms with van der Waals surface area (Å²) in [6.07, 6.45) is 3.15. The first-order valence-corrected chi connectivity index (χ1v) is 8.05. The topological polar surface area (TPSA) is 58.2 Å². The lowest BCUT2D eigenvalue weighted by Crippen LogP contribution is -2.24. The summed E-state index contributed by atoms with van der Waals surface area (Å²) in [6, 6.07) is 12.0. The van der Waals surface area contributed by atoms with Crippen LogP contribution in [0.2, 0.25) is 0 Å². The predicted octanol–water partition coefficient (Wildman–Crippen LogP) is 4.00. The van der Waals surface area contributed by atoms with Crippen LogP contribution in [0.3, 0.4) is 0 Å². The lowest BCUT2D eigenvalue weighted by molar-refractivity contribution is 0.0951. The molecule has 0 unspecified atom stereocenters. The number of carbonyl (C=O) groups excluding carboxylic acids is 2. The van der Waals surface area contributed by atoms with E-state index >= 15 is 0 Å². The molecule has 0 spiro atoms. The summed E-state index contributed by atoms with van der Waals surface area (Å²) in [6.45, 7) is 2.76. The van der Waals surface area contributed by atoms with Crippen LogP contribution in [0.25, 0.3) is 0 Å². The van der Waals surface area contributed by atoms with Crippen molar-refractivity contribution in [3.8, 4) is 0 Å². The average molecular weight is 328 g/mol. The van der Waals surface area contributed by atoms with Crippen LogP contribution >= 0.6 is 0 Å². The summed E-state index contributed by atoms with van der Waals surface area (Å²) in [5.74, 6) is -0.810. The quantitative estimate of drug-likeness (QED) is 0.755. The number of hydrogen-bond donors (Lipinski definition) is 2. The van der Waals surface area contributed by atoms with E-state index in [2.05, 4.69) is 17.6 Å². The minimum Gasteiger partial charge on any atom is -0.352 e. The van der Waals surface area contributed by atoms with Crippen LogP contribution in [0.5, 0.6) is 0 Å². The molecule has 2 N–H and O–H groups in total. The molecule has 0 fully saturated rings. The van der Waals surface area contributed by atoms with E-state index in [1.807, 2.05) is 0 Å². The third-order valence-electron chi connectivity index (χ3n) is 3.58. The van der Waals surface area contributed by atoms with Gasteiger partial charge in [0.2, 0.25) is 0 Å². The van der Waals surface area contributed by atoms with Crippen LogP contribution in [0.1, 0.15) is 46.9 Å². The molecule has 0 heterocycles. The van der Waals surface area contributed by atoms with Gasteiger partial charge in [0.1, 0.15) is 5.82 Å². The SMILES string of the molecule is CCCCCNC(=O)c1ccc(C(=O)Nc2ccc(F)cc2)cc1. The van der Waals surface area contributed by atoms with Gasteiger partial charge in [-0.1, -0.05) is 19.8 Å². The number of unbranched alkanes of at least 4 members (excludes halogenated alkanes) is 2. The first-order valence-electron chi connectivity index (χ1n) is 8.05. The fraction of sp³-hybridized carbons (Fsp3) is 0.263. The lowest BCUT2D eigenvalue weighted by atomic mass is 10.1. The number of carbonyl (C=O) groups is 2. The van der Waals surface area contributed by atoms with Crippen molar-refractivity contribution in [1.29, 1.82) is 0 Å². The number of rotatable bonds is 7. The number of nitrogens with one attached hydrogen (secondary N) is 2. The molecule has 4 nitrogen and oxygen atoms in total. The van der Waals surface area contributed by atoms with Crippen LogP contribution in [0.15, 0.2) is 48.5 Å². The molecule has 2 rings (SSSR count). The van der Waals surface area contributed by atoms with Gasteiger partial charge in [0.25, 0.3) is 11.8 Å². The second-order valence-corrected chi connectivity index (χ2v) is 5.50. The number of anilines is 1. The Morgan fingerprint density at radius 2 is 1.46 bits per heavy atom. The smallest absolute Gasteiger partial charge is 0.255 e. The second-order valence-electron chi connectivity index (χ2n) is 5.50. The standard InChI is InChI=1S/C19H21FN2O2/c1-2-3-4-13-21-18(23)14-5-7-15(8-6-14)19(24)22-17-11-9-16(20)10-12-17/h5-12H,2-4,13H2,1H3,(H,21,23)(H,22,24). The fourth-order valence-electron chi connectivity index (χ4n) is 2.19. The second kappa shape index (κ2) is 8.82. The molecule has 2 amide bonds. The Hall–Kier alpha value is -2.69. The van der Waals surface area contributed by atoms with Crippen LogP contribution in [-0.4, -0.2) is 18.4 Å². The van der Waals surface area contributed by atoms with Crippen molar-refractivity contribution in [2.24, 2.45) is 0 Å². The predicted molar refractivity (Wildman–Crippen MR) is 92.7 cm³/mol. The lowest BCUT2D eigenvalue weighted by Gasteiger charge is -2.07. The van der Waals surface area contributed by atoms with Crippen molar-refractivity contribution in [3.63, 3.8) is 0 Å². The Kier molecular flexibility index (Phi) is 6.49. The third-order valence-corrected chi connectivity index (χ3v) is 3.58. The molecular formula is C19H21FN2O2. The normalized spacial score (nSPS) is 10.2. The van der Waals surface area contributed by atoms with Gasteiger partial charge in [-0.15, -0.1) is 0 Å². The Morgan fingerprint density at radius 3 is 2.04 bits per heavy atom. The van der Waals surface area contributed by atoms with Gasteiger partial charge in [-0.2, -0.15) is 0 Å².